The molecule has 0 atom stereocenters. The summed E-state index contributed by atoms with van der Waals surface area (Å²) in [5, 5.41) is 15.0. The zero-order valence-corrected chi connectivity index (χ0v) is 14.3. The van der Waals surface area contributed by atoms with Crippen molar-refractivity contribution in [2.24, 2.45) is 4.99 Å². The van der Waals surface area contributed by atoms with Gasteiger partial charge in [-0.15, -0.1) is 0 Å². The molecule has 0 aliphatic heterocycles. The quantitative estimate of drug-likeness (QED) is 0.627. The Kier molecular flexibility index (Phi) is 6.78. The summed E-state index contributed by atoms with van der Waals surface area (Å²) in [5.41, 5.74) is 1.80. The van der Waals surface area contributed by atoms with E-state index in [4.69, 9.17) is 10.00 Å². The van der Waals surface area contributed by atoms with Crippen molar-refractivity contribution in [3.05, 3.63) is 65.0 Å². The lowest BCUT2D eigenvalue weighted by Gasteiger charge is -2.12. The number of aliphatic imine (C=N–C) groups is 1. The van der Waals surface area contributed by atoms with Crippen LogP contribution in [0.25, 0.3) is 0 Å². The number of hydrogen-bond acceptors (Lipinski definition) is 3. The van der Waals surface area contributed by atoms with Gasteiger partial charge in [-0.1, -0.05) is 18.2 Å². The smallest absolute Gasteiger partial charge is 0.191 e. The molecule has 0 spiro atoms. The highest BCUT2D eigenvalue weighted by Crippen LogP contribution is 2.13. The van der Waals surface area contributed by atoms with Crippen LogP contribution in [0, 0.1) is 17.1 Å². The molecule has 5 nitrogen and oxygen atoms in total. The molecule has 0 heterocycles. The molecule has 0 aliphatic carbocycles. The van der Waals surface area contributed by atoms with Crippen LogP contribution in [0.4, 0.5) is 4.39 Å². The molecule has 0 aromatic heterocycles. The molecular formula is C19H21FN4O. The number of nitrogens with zero attached hydrogens (tertiary/aromatic N) is 2. The summed E-state index contributed by atoms with van der Waals surface area (Å²) in [5.74, 6) is 0.967. The van der Waals surface area contributed by atoms with Gasteiger partial charge in [0.2, 0.25) is 0 Å². The second-order valence-electron chi connectivity index (χ2n) is 5.32. The topological polar surface area (TPSA) is 69.4 Å². The Labute approximate surface area is 147 Å². The monoisotopic (exact) mass is 340 g/mol. The fraction of sp³-hybridized carbons (Fsp3) is 0.263. The number of nitrogens with one attached hydrogen (secondary N) is 2. The molecule has 0 radical (unpaired) electrons. The minimum absolute atomic E-state index is 0.279. The maximum Gasteiger partial charge on any atom is 0.191 e. The normalized spacial score (nSPS) is 10.9. The number of hydrogen-bond donors (Lipinski definition) is 2. The molecule has 2 aromatic carbocycles. The van der Waals surface area contributed by atoms with Gasteiger partial charge in [-0.2, -0.15) is 5.26 Å². The Morgan fingerprint density at radius 1 is 1.24 bits per heavy atom. The molecule has 0 unspecified atom stereocenters. The summed E-state index contributed by atoms with van der Waals surface area (Å²) >= 11 is 0. The molecule has 6 heteroatoms. The third-order valence-corrected chi connectivity index (χ3v) is 3.53. The second kappa shape index (κ2) is 9.28. The zero-order valence-electron chi connectivity index (χ0n) is 14.3. The van der Waals surface area contributed by atoms with Crippen molar-refractivity contribution in [2.75, 3.05) is 13.7 Å². The standard InChI is InChI=1S/C19H21FN4O/c1-3-22-19(23-12-15-5-4-6-17(9-15)25-2)24-13-16-8-7-14(11-21)10-18(16)20/h4-10H,3,12-13H2,1-2H3,(H2,22,23,24). The third kappa shape index (κ3) is 5.50. The Bertz CT molecular complexity index is 783. The van der Waals surface area contributed by atoms with Crippen LogP contribution >= 0.6 is 0 Å². The van der Waals surface area contributed by atoms with Gasteiger partial charge in [0.25, 0.3) is 0 Å². The number of benzene rings is 2. The Morgan fingerprint density at radius 2 is 2.08 bits per heavy atom. The van der Waals surface area contributed by atoms with E-state index in [1.807, 2.05) is 37.3 Å². The predicted molar refractivity (Wildman–Crippen MR) is 95.8 cm³/mol. The molecule has 130 valence electrons. The number of nitriles is 1. The SMILES string of the molecule is CCNC(=NCc1cccc(OC)c1)NCc1ccc(C#N)cc1F. The molecule has 2 aromatic rings. The lowest BCUT2D eigenvalue weighted by atomic mass is 10.1. The first-order valence-electron chi connectivity index (χ1n) is 8.00. The van der Waals surface area contributed by atoms with Gasteiger partial charge in [-0.3, -0.25) is 0 Å². The van der Waals surface area contributed by atoms with Crippen LogP contribution in [0.2, 0.25) is 0 Å². The number of guanidine groups is 1. The van der Waals surface area contributed by atoms with Gasteiger partial charge < -0.3 is 15.4 Å². The summed E-state index contributed by atoms with van der Waals surface area (Å²) in [6.07, 6.45) is 0. The van der Waals surface area contributed by atoms with E-state index in [1.54, 1.807) is 19.2 Å². The Morgan fingerprint density at radius 3 is 2.76 bits per heavy atom. The van der Waals surface area contributed by atoms with Crippen molar-refractivity contribution in [1.82, 2.24) is 10.6 Å². The van der Waals surface area contributed by atoms with E-state index in [1.165, 1.54) is 6.07 Å². The summed E-state index contributed by atoms with van der Waals surface area (Å²) in [6, 6.07) is 14.0. The highest BCUT2D eigenvalue weighted by atomic mass is 19.1. The number of halogens is 1. The lowest BCUT2D eigenvalue weighted by molar-refractivity contribution is 0.414. The highest BCUT2D eigenvalue weighted by molar-refractivity contribution is 5.79. The van der Waals surface area contributed by atoms with Crippen LogP contribution in [-0.2, 0) is 13.1 Å². The molecule has 0 amide bonds. The number of rotatable bonds is 6. The Balaban J connectivity index is 2.03. The van der Waals surface area contributed by atoms with Crippen molar-refractivity contribution in [3.63, 3.8) is 0 Å². The molecule has 0 saturated heterocycles. The largest absolute Gasteiger partial charge is 0.497 e. The summed E-state index contributed by atoms with van der Waals surface area (Å²) in [7, 11) is 1.63. The van der Waals surface area contributed by atoms with Crippen molar-refractivity contribution in [3.8, 4) is 11.8 Å². The van der Waals surface area contributed by atoms with Crippen molar-refractivity contribution in [1.29, 1.82) is 5.26 Å². The van der Waals surface area contributed by atoms with E-state index in [0.29, 0.717) is 30.2 Å². The molecule has 0 bridgehead atoms. The Hall–Kier alpha value is -3.07. The number of ether oxygens (including phenoxy) is 1. The third-order valence-electron chi connectivity index (χ3n) is 3.53. The predicted octanol–water partition coefficient (Wildman–Crippen LogP) is 2.96. The first-order valence-corrected chi connectivity index (χ1v) is 8.00. The highest BCUT2D eigenvalue weighted by Gasteiger charge is 2.05. The first kappa shape index (κ1) is 18.3. The lowest BCUT2D eigenvalue weighted by Crippen LogP contribution is -2.37. The maximum atomic E-state index is 13.9. The van der Waals surface area contributed by atoms with Gasteiger partial charge in [0, 0.05) is 18.7 Å². The summed E-state index contributed by atoms with van der Waals surface area (Å²) in [6.45, 7) is 3.41. The van der Waals surface area contributed by atoms with E-state index >= 15 is 0 Å². The fourth-order valence-electron chi connectivity index (χ4n) is 2.22. The molecule has 0 saturated carbocycles. The van der Waals surface area contributed by atoms with Gasteiger partial charge in [0.05, 0.1) is 25.3 Å². The van der Waals surface area contributed by atoms with Crippen molar-refractivity contribution < 1.29 is 9.13 Å². The van der Waals surface area contributed by atoms with E-state index in [-0.39, 0.29) is 6.54 Å². The summed E-state index contributed by atoms with van der Waals surface area (Å²) in [4.78, 5) is 4.50. The molecule has 25 heavy (non-hydrogen) atoms. The average Bonchev–Trinajstić information content (AvgIpc) is 2.64. The van der Waals surface area contributed by atoms with Gasteiger partial charge in [0.15, 0.2) is 5.96 Å². The minimum atomic E-state index is -0.407. The van der Waals surface area contributed by atoms with E-state index in [2.05, 4.69) is 15.6 Å². The molecular weight excluding hydrogens is 319 g/mol. The molecule has 2 N–H and O–H groups in total. The minimum Gasteiger partial charge on any atom is -0.497 e. The van der Waals surface area contributed by atoms with Crippen LogP contribution in [0.5, 0.6) is 5.75 Å². The van der Waals surface area contributed by atoms with Crippen LogP contribution < -0.4 is 15.4 Å². The van der Waals surface area contributed by atoms with Crippen LogP contribution in [0.15, 0.2) is 47.5 Å². The van der Waals surface area contributed by atoms with Crippen LogP contribution in [-0.4, -0.2) is 19.6 Å². The van der Waals surface area contributed by atoms with Crippen molar-refractivity contribution in [2.45, 2.75) is 20.0 Å². The molecule has 0 fully saturated rings. The van der Waals surface area contributed by atoms with Gasteiger partial charge in [-0.05, 0) is 36.8 Å². The first-order chi connectivity index (χ1) is 12.2. The zero-order chi connectivity index (χ0) is 18.1. The maximum absolute atomic E-state index is 13.9. The molecule has 2 rings (SSSR count). The van der Waals surface area contributed by atoms with E-state index < -0.39 is 5.82 Å². The molecule has 0 aliphatic rings. The van der Waals surface area contributed by atoms with E-state index in [0.717, 1.165) is 11.3 Å². The van der Waals surface area contributed by atoms with E-state index in [9.17, 15) is 4.39 Å². The van der Waals surface area contributed by atoms with Gasteiger partial charge in [0.1, 0.15) is 11.6 Å². The second-order valence-corrected chi connectivity index (χ2v) is 5.32. The van der Waals surface area contributed by atoms with Crippen LogP contribution in [0.1, 0.15) is 23.6 Å². The van der Waals surface area contributed by atoms with Gasteiger partial charge in [-0.25, -0.2) is 9.38 Å². The summed E-state index contributed by atoms with van der Waals surface area (Å²) < 4.78 is 19.1. The average molecular weight is 340 g/mol. The van der Waals surface area contributed by atoms with Gasteiger partial charge >= 0.3 is 0 Å². The van der Waals surface area contributed by atoms with Crippen molar-refractivity contribution >= 4 is 5.96 Å². The number of methoxy groups -OCH3 is 1. The van der Waals surface area contributed by atoms with Crippen LogP contribution in [0.3, 0.4) is 0 Å². The fourth-order valence-corrected chi connectivity index (χ4v) is 2.22.